The van der Waals surface area contributed by atoms with Crippen LogP contribution in [0.3, 0.4) is 0 Å². The van der Waals surface area contributed by atoms with E-state index in [1.807, 2.05) is 24.3 Å². The molecule has 4 aromatic rings. The highest BCUT2D eigenvalue weighted by molar-refractivity contribution is 7.98. The summed E-state index contributed by atoms with van der Waals surface area (Å²) in [6.45, 7) is 2.87. The van der Waals surface area contributed by atoms with Gasteiger partial charge >= 0.3 is 0 Å². The molecular weight excluding hydrogens is 424 g/mol. The Kier molecular flexibility index (Phi) is 6.03. The van der Waals surface area contributed by atoms with Crippen LogP contribution in [0.15, 0.2) is 80.7 Å². The summed E-state index contributed by atoms with van der Waals surface area (Å²) in [5, 5.41) is 3.92. The van der Waals surface area contributed by atoms with Crippen LogP contribution < -0.4 is 5.32 Å². The van der Waals surface area contributed by atoms with Gasteiger partial charge < -0.3 is 18.9 Å². The van der Waals surface area contributed by atoms with Crippen LogP contribution in [-0.4, -0.2) is 43.4 Å². The maximum absolute atomic E-state index is 12.9. The summed E-state index contributed by atoms with van der Waals surface area (Å²) < 4.78 is 17.3. The highest BCUT2D eigenvalue weighted by Gasteiger charge is 2.31. The summed E-state index contributed by atoms with van der Waals surface area (Å²) in [5.74, 6) is 0.666. The standard InChI is InChI=1S/C25H24N2O4S/c1-32-18-10-8-17(9-11-18)23(27-12-15-29-16-13-27)24-22(19-5-2-3-6-20(19)31-24)26-25(28)21-7-4-14-30-21/h2-11,14,23H,12-13,15-16H2,1H3,(H,26,28)/t23-/m1/s1. The number of para-hydroxylation sites is 1. The van der Waals surface area contributed by atoms with Crippen molar-refractivity contribution in [3.8, 4) is 0 Å². The van der Waals surface area contributed by atoms with E-state index in [-0.39, 0.29) is 17.7 Å². The lowest BCUT2D eigenvalue weighted by atomic mass is 10.0. The van der Waals surface area contributed by atoms with E-state index in [1.54, 1.807) is 23.9 Å². The van der Waals surface area contributed by atoms with Gasteiger partial charge in [0, 0.05) is 23.4 Å². The molecule has 0 saturated carbocycles. The number of fused-ring (bicyclic) bond motifs is 1. The smallest absolute Gasteiger partial charge is 0.291 e. The zero-order chi connectivity index (χ0) is 21.9. The summed E-state index contributed by atoms with van der Waals surface area (Å²) >= 11 is 1.71. The molecule has 5 rings (SSSR count). The minimum absolute atomic E-state index is 0.158. The molecule has 3 heterocycles. The van der Waals surface area contributed by atoms with Gasteiger partial charge in [0.25, 0.3) is 5.91 Å². The lowest BCUT2D eigenvalue weighted by molar-refractivity contribution is 0.0206. The SMILES string of the molecule is CSc1ccc([C@H](c2oc3ccccc3c2NC(=O)c2ccco2)N2CCOCC2)cc1. The van der Waals surface area contributed by atoms with Crippen LogP contribution in [0.1, 0.15) is 27.9 Å². The maximum atomic E-state index is 12.9. The number of nitrogens with one attached hydrogen (secondary N) is 1. The van der Waals surface area contributed by atoms with Crippen molar-refractivity contribution in [1.29, 1.82) is 0 Å². The van der Waals surface area contributed by atoms with Crippen LogP contribution in [0.5, 0.6) is 0 Å². The van der Waals surface area contributed by atoms with Crippen LogP contribution >= 0.6 is 11.8 Å². The van der Waals surface area contributed by atoms with Crippen LogP contribution in [0.25, 0.3) is 11.0 Å². The molecule has 1 N–H and O–H groups in total. The molecule has 1 atom stereocenters. The third-order valence-corrected chi connectivity index (χ3v) is 6.44. The molecule has 0 radical (unpaired) electrons. The van der Waals surface area contributed by atoms with Gasteiger partial charge in [-0.3, -0.25) is 9.69 Å². The fraction of sp³-hybridized carbons (Fsp3) is 0.240. The fourth-order valence-corrected chi connectivity index (χ4v) is 4.53. The van der Waals surface area contributed by atoms with Gasteiger partial charge in [0.15, 0.2) is 5.76 Å². The number of hydrogen-bond donors (Lipinski definition) is 1. The average Bonchev–Trinajstić information content (AvgIpc) is 3.50. The van der Waals surface area contributed by atoms with E-state index in [0.717, 1.165) is 29.6 Å². The lowest BCUT2D eigenvalue weighted by Crippen LogP contribution is -2.39. The number of amides is 1. The van der Waals surface area contributed by atoms with Gasteiger partial charge in [0.1, 0.15) is 11.3 Å². The second-order valence-electron chi connectivity index (χ2n) is 7.59. The minimum Gasteiger partial charge on any atom is -0.459 e. The number of ether oxygens (including phenoxy) is 1. The Balaban J connectivity index is 1.63. The number of thioether (sulfide) groups is 1. The second kappa shape index (κ2) is 9.24. The van der Waals surface area contributed by atoms with Gasteiger partial charge in [0.2, 0.25) is 0 Å². The summed E-state index contributed by atoms with van der Waals surface area (Å²) in [5.41, 5.74) is 2.51. The Morgan fingerprint density at radius 2 is 1.81 bits per heavy atom. The number of furan rings is 2. The van der Waals surface area contributed by atoms with Gasteiger partial charge in [-0.1, -0.05) is 24.3 Å². The van der Waals surface area contributed by atoms with E-state index >= 15 is 0 Å². The molecule has 164 valence electrons. The number of carbonyl (C=O) groups is 1. The van der Waals surface area contributed by atoms with Crippen molar-refractivity contribution < 1.29 is 18.4 Å². The molecule has 0 aliphatic carbocycles. The van der Waals surface area contributed by atoms with E-state index in [2.05, 4.69) is 40.7 Å². The van der Waals surface area contributed by atoms with Gasteiger partial charge in [-0.2, -0.15) is 0 Å². The van der Waals surface area contributed by atoms with Crippen LogP contribution in [-0.2, 0) is 4.74 Å². The number of nitrogens with zero attached hydrogens (tertiary/aromatic N) is 1. The highest BCUT2D eigenvalue weighted by Crippen LogP contribution is 2.41. The molecule has 0 bridgehead atoms. The number of hydrogen-bond acceptors (Lipinski definition) is 6. The lowest BCUT2D eigenvalue weighted by Gasteiger charge is -2.34. The Morgan fingerprint density at radius 1 is 1.03 bits per heavy atom. The normalized spacial score (nSPS) is 15.7. The van der Waals surface area contributed by atoms with Crippen molar-refractivity contribution in [2.45, 2.75) is 10.9 Å². The molecule has 7 heteroatoms. The Labute approximate surface area is 190 Å². The van der Waals surface area contributed by atoms with E-state index in [1.165, 1.54) is 11.2 Å². The van der Waals surface area contributed by atoms with Crippen molar-refractivity contribution in [2.75, 3.05) is 37.9 Å². The predicted octanol–water partition coefficient (Wildman–Crippen LogP) is 5.42. The van der Waals surface area contributed by atoms with Gasteiger partial charge in [-0.25, -0.2) is 0 Å². The van der Waals surface area contributed by atoms with Crippen LogP contribution in [0, 0.1) is 0 Å². The quantitative estimate of drug-likeness (QED) is 0.397. The maximum Gasteiger partial charge on any atom is 0.291 e. The first kappa shape index (κ1) is 20.9. The molecule has 32 heavy (non-hydrogen) atoms. The third-order valence-electron chi connectivity index (χ3n) is 5.70. The first-order valence-corrected chi connectivity index (χ1v) is 11.8. The zero-order valence-electron chi connectivity index (χ0n) is 17.7. The highest BCUT2D eigenvalue weighted by atomic mass is 32.2. The van der Waals surface area contributed by atoms with E-state index in [0.29, 0.717) is 24.7 Å². The van der Waals surface area contributed by atoms with Gasteiger partial charge in [0.05, 0.1) is 31.2 Å². The topological polar surface area (TPSA) is 67.9 Å². The van der Waals surface area contributed by atoms with E-state index in [9.17, 15) is 4.79 Å². The van der Waals surface area contributed by atoms with E-state index in [4.69, 9.17) is 13.6 Å². The van der Waals surface area contributed by atoms with Gasteiger partial charge in [-0.15, -0.1) is 11.8 Å². The van der Waals surface area contributed by atoms with Gasteiger partial charge in [-0.05, 0) is 48.2 Å². The minimum atomic E-state index is -0.304. The molecule has 1 aliphatic heterocycles. The predicted molar refractivity (Wildman–Crippen MR) is 125 cm³/mol. The summed E-state index contributed by atoms with van der Waals surface area (Å²) in [6.07, 6.45) is 3.56. The largest absolute Gasteiger partial charge is 0.459 e. The molecule has 2 aromatic heterocycles. The van der Waals surface area contributed by atoms with Crippen molar-refractivity contribution >= 4 is 34.3 Å². The molecule has 6 nitrogen and oxygen atoms in total. The summed E-state index contributed by atoms with van der Waals surface area (Å²) in [7, 11) is 0. The van der Waals surface area contributed by atoms with Crippen LogP contribution in [0.2, 0.25) is 0 Å². The number of anilines is 1. The Morgan fingerprint density at radius 3 is 2.53 bits per heavy atom. The summed E-state index contributed by atoms with van der Waals surface area (Å²) in [4.78, 5) is 16.4. The second-order valence-corrected chi connectivity index (χ2v) is 8.47. The number of rotatable bonds is 6. The van der Waals surface area contributed by atoms with Crippen molar-refractivity contribution in [1.82, 2.24) is 4.90 Å². The molecule has 0 unspecified atom stereocenters. The molecule has 1 amide bonds. The van der Waals surface area contributed by atoms with Crippen LogP contribution in [0.4, 0.5) is 5.69 Å². The average molecular weight is 449 g/mol. The van der Waals surface area contributed by atoms with E-state index < -0.39 is 0 Å². The van der Waals surface area contributed by atoms with Crippen molar-refractivity contribution in [2.24, 2.45) is 0 Å². The third kappa shape index (κ3) is 4.07. The first-order chi connectivity index (χ1) is 15.7. The first-order valence-electron chi connectivity index (χ1n) is 10.6. The Hall–Kier alpha value is -3.00. The molecule has 1 fully saturated rings. The molecule has 0 spiro atoms. The van der Waals surface area contributed by atoms with Crippen molar-refractivity contribution in [3.05, 3.63) is 84.0 Å². The molecule has 1 saturated heterocycles. The summed E-state index contributed by atoms with van der Waals surface area (Å²) in [6, 6.07) is 19.5. The Bertz CT molecular complexity index is 1190. The number of carbonyl (C=O) groups excluding carboxylic acids is 1. The monoisotopic (exact) mass is 448 g/mol. The molecule has 2 aromatic carbocycles. The molecular formula is C25H24N2O4S. The molecule has 1 aliphatic rings. The number of morpholine rings is 1. The number of benzene rings is 2. The zero-order valence-corrected chi connectivity index (χ0v) is 18.6. The van der Waals surface area contributed by atoms with Crippen molar-refractivity contribution in [3.63, 3.8) is 0 Å². The fourth-order valence-electron chi connectivity index (χ4n) is 4.12.